The zero-order chi connectivity index (χ0) is 13.2. The molecule has 18 heavy (non-hydrogen) atoms. The molecular weight excluding hydrogens is 250 g/mol. The van der Waals surface area contributed by atoms with Gasteiger partial charge >= 0.3 is 0 Å². The van der Waals surface area contributed by atoms with Gasteiger partial charge in [-0.15, -0.1) is 0 Å². The summed E-state index contributed by atoms with van der Waals surface area (Å²) in [4.78, 5) is 0. The van der Waals surface area contributed by atoms with E-state index in [-0.39, 0.29) is 6.10 Å². The van der Waals surface area contributed by atoms with Crippen molar-refractivity contribution < 1.29 is 13.5 Å². The Labute approximate surface area is 110 Å². The molecular formula is C13H25NO3S. The SMILES string of the molecule is CS(=O)(=O)N1CCCC(CC(O)C2CCCC2)C1. The Hall–Kier alpha value is -0.130. The second-order valence-corrected chi connectivity index (χ2v) is 7.96. The van der Waals surface area contributed by atoms with E-state index in [1.54, 1.807) is 4.31 Å². The van der Waals surface area contributed by atoms with Gasteiger partial charge in [0, 0.05) is 13.1 Å². The molecule has 1 heterocycles. The first kappa shape index (κ1) is 14.3. The molecule has 5 heteroatoms. The molecule has 0 radical (unpaired) electrons. The fourth-order valence-corrected chi connectivity index (χ4v) is 4.34. The van der Waals surface area contributed by atoms with Gasteiger partial charge in [-0.05, 0) is 43.9 Å². The van der Waals surface area contributed by atoms with Crippen LogP contribution in [0.5, 0.6) is 0 Å². The molecule has 1 aliphatic carbocycles. The van der Waals surface area contributed by atoms with Gasteiger partial charge in [0.1, 0.15) is 0 Å². The molecule has 0 bridgehead atoms. The molecule has 4 nitrogen and oxygen atoms in total. The molecule has 1 aliphatic heterocycles. The summed E-state index contributed by atoms with van der Waals surface area (Å²) in [6, 6.07) is 0. The van der Waals surface area contributed by atoms with Gasteiger partial charge in [0.05, 0.1) is 12.4 Å². The molecule has 0 amide bonds. The average molecular weight is 275 g/mol. The molecule has 0 aromatic carbocycles. The van der Waals surface area contributed by atoms with Gasteiger partial charge in [-0.3, -0.25) is 0 Å². The smallest absolute Gasteiger partial charge is 0.211 e. The molecule has 2 rings (SSSR count). The third-order valence-electron chi connectivity index (χ3n) is 4.47. The van der Waals surface area contributed by atoms with Gasteiger partial charge in [0.2, 0.25) is 10.0 Å². The van der Waals surface area contributed by atoms with E-state index < -0.39 is 10.0 Å². The lowest BCUT2D eigenvalue weighted by Crippen LogP contribution is -2.40. The Morgan fingerprint density at radius 2 is 1.89 bits per heavy atom. The summed E-state index contributed by atoms with van der Waals surface area (Å²) in [6.07, 6.45) is 8.57. The van der Waals surface area contributed by atoms with E-state index in [0.717, 1.165) is 32.1 Å². The minimum atomic E-state index is -3.06. The monoisotopic (exact) mass is 275 g/mol. The fraction of sp³-hybridized carbons (Fsp3) is 1.00. The van der Waals surface area contributed by atoms with Gasteiger partial charge in [0.15, 0.2) is 0 Å². The van der Waals surface area contributed by atoms with E-state index in [1.807, 2.05) is 0 Å². The number of hydrogen-bond acceptors (Lipinski definition) is 3. The van der Waals surface area contributed by atoms with Crippen molar-refractivity contribution in [2.75, 3.05) is 19.3 Å². The van der Waals surface area contributed by atoms with Crippen molar-refractivity contribution >= 4 is 10.0 Å². The number of sulfonamides is 1. The summed E-state index contributed by atoms with van der Waals surface area (Å²) in [6.45, 7) is 1.25. The highest BCUT2D eigenvalue weighted by atomic mass is 32.2. The fourth-order valence-electron chi connectivity index (χ4n) is 3.40. The Bertz CT molecular complexity index is 362. The number of hydrogen-bond donors (Lipinski definition) is 1. The second-order valence-electron chi connectivity index (χ2n) is 5.98. The van der Waals surface area contributed by atoms with Crippen molar-refractivity contribution in [1.29, 1.82) is 0 Å². The normalized spacial score (nSPS) is 29.6. The first-order chi connectivity index (χ1) is 8.47. The molecule has 2 fully saturated rings. The standard InChI is InChI=1S/C13H25NO3S/c1-18(16,17)14-8-4-5-11(10-14)9-13(15)12-6-2-3-7-12/h11-13,15H,2-10H2,1H3. The summed E-state index contributed by atoms with van der Waals surface area (Å²) in [5, 5.41) is 10.2. The van der Waals surface area contributed by atoms with Crippen LogP contribution in [0.25, 0.3) is 0 Å². The Morgan fingerprint density at radius 1 is 1.22 bits per heavy atom. The van der Waals surface area contributed by atoms with E-state index in [1.165, 1.54) is 19.1 Å². The zero-order valence-corrected chi connectivity index (χ0v) is 12.0. The van der Waals surface area contributed by atoms with Crippen LogP contribution in [0.3, 0.4) is 0 Å². The van der Waals surface area contributed by atoms with Crippen molar-refractivity contribution in [3.8, 4) is 0 Å². The lowest BCUT2D eigenvalue weighted by atomic mass is 9.88. The molecule has 1 N–H and O–H groups in total. The molecule has 0 aromatic rings. The first-order valence-corrected chi connectivity index (χ1v) is 8.95. The van der Waals surface area contributed by atoms with Crippen LogP contribution >= 0.6 is 0 Å². The van der Waals surface area contributed by atoms with E-state index >= 15 is 0 Å². The summed E-state index contributed by atoms with van der Waals surface area (Å²) in [5.74, 6) is 0.794. The van der Waals surface area contributed by atoms with Gasteiger partial charge in [-0.1, -0.05) is 12.8 Å². The summed E-state index contributed by atoms with van der Waals surface area (Å²) in [7, 11) is -3.06. The Kier molecular flexibility index (Phi) is 4.67. The summed E-state index contributed by atoms with van der Waals surface area (Å²) in [5.41, 5.74) is 0. The third-order valence-corrected chi connectivity index (χ3v) is 5.74. The molecule has 2 atom stereocenters. The number of piperidine rings is 1. The van der Waals surface area contributed by atoms with Gasteiger partial charge < -0.3 is 5.11 Å². The molecule has 2 unspecified atom stereocenters. The van der Waals surface area contributed by atoms with Crippen LogP contribution in [0.4, 0.5) is 0 Å². The van der Waals surface area contributed by atoms with Crippen LogP contribution in [0.1, 0.15) is 44.9 Å². The first-order valence-electron chi connectivity index (χ1n) is 7.10. The zero-order valence-electron chi connectivity index (χ0n) is 11.2. The third kappa shape index (κ3) is 3.68. The van der Waals surface area contributed by atoms with Crippen LogP contribution < -0.4 is 0 Å². The number of aliphatic hydroxyl groups excluding tert-OH is 1. The molecule has 0 spiro atoms. The lowest BCUT2D eigenvalue weighted by Gasteiger charge is -2.33. The van der Waals surface area contributed by atoms with Crippen molar-refractivity contribution in [3.05, 3.63) is 0 Å². The van der Waals surface area contributed by atoms with Gasteiger partial charge in [-0.25, -0.2) is 12.7 Å². The summed E-state index contributed by atoms with van der Waals surface area (Å²) >= 11 is 0. The molecule has 0 aromatic heterocycles. The van der Waals surface area contributed by atoms with Gasteiger partial charge in [-0.2, -0.15) is 0 Å². The minimum absolute atomic E-state index is 0.225. The average Bonchev–Trinajstić information content (AvgIpc) is 2.81. The van der Waals surface area contributed by atoms with E-state index in [4.69, 9.17) is 0 Å². The van der Waals surface area contributed by atoms with Crippen molar-refractivity contribution in [2.24, 2.45) is 11.8 Å². The quantitative estimate of drug-likeness (QED) is 0.848. The van der Waals surface area contributed by atoms with Crippen LogP contribution in [0.2, 0.25) is 0 Å². The maximum Gasteiger partial charge on any atom is 0.211 e. The van der Waals surface area contributed by atoms with Crippen LogP contribution in [0, 0.1) is 11.8 Å². The Morgan fingerprint density at radius 3 is 2.50 bits per heavy atom. The number of aliphatic hydroxyl groups is 1. The number of rotatable bonds is 4. The number of nitrogens with zero attached hydrogens (tertiary/aromatic N) is 1. The topological polar surface area (TPSA) is 57.6 Å². The minimum Gasteiger partial charge on any atom is -0.393 e. The van der Waals surface area contributed by atoms with Crippen molar-refractivity contribution in [2.45, 2.75) is 51.0 Å². The van der Waals surface area contributed by atoms with E-state index in [9.17, 15) is 13.5 Å². The molecule has 2 aliphatic rings. The highest BCUT2D eigenvalue weighted by molar-refractivity contribution is 7.88. The largest absolute Gasteiger partial charge is 0.393 e. The lowest BCUT2D eigenvalue weighted by molar-refractivity contribution is 0.0725. The Balaban J connectivity index is 1.85. The van der Waals surface area contributed by atoms with Crippen molar-refractivity contribution in [1.82, 2.24) is 4.31 Å². The van der Waals surface area contributed by atoms with E-state index in [0.29, 0.717) is 24.9 Å². The van der Waals surface area contributed by atoms with Crippen molar-refractivity contribution in [3.63, 3.8) is 0 Å². The second kappa shape index (κ2) is 5.88. The maximum atomic E-state index is 11.5. The molecule has 1 saturated heterocycles. The highest BCUT2D eigenvalue weighted by Crippen LogP contribution is 2.32. The molecule has 1 saturated carbocycles. The van der Waals surface area contributed by atoms with E-state index in [2.05, 4.69) is 0 Å². The van der Waals surface area contributed by atoms with Crippen LogP contribution in [-0.4, -0.2) is 43.3 Å². The maximum absolute atomic E-state index is 11.5. The van der Waals surface area contributed by atoms with Gasteiger partial charge in [0.25, 0.3) is 0 Å². The predicted octanol–water partition coefficient (Wildman–Crippen LogP) is 1.60. The van der Waals surface area contributed by atoms with Crippen LogP contribution in [0.15, 0.2) is 0 Å². The van der Waals surface area contributed by atoms with Crippen LogP contribution in [-0.2, 0) is 10.0 Å². The summed E-state index contributed by atoms with van der Waals surface area (Å²) < 4.78 is 24.6. The molecule has 106 valence electrons. The predicted molar refractivity (Wildman–Crippen MR) is 71.7 cm³/mol. The highest BCUT2D eigenvalue weighted by Gasteiger charge is 2.30.